The molecule has 0 radical (unpaired) electrons. The van der Waals surface area contributed by atoms with Gasteiger partial charge in [-0.2, -0.15) is 0 Å². The van der Waals surface area contributed by atoms with Crippen LogP contribution in [0, 0.1) is 0 Å². The standard InChI is InChI=1S/C18H21NO/c1-3-17(16-12-8-5-9-13-16)18(20)19(2)14-15-10-6-4-7-11-15/h4-13,17H,3,14H2,1-2H3/t17-/m0/s1. The van der Waals surface area contributed by atoms with E-state index in [0.717, 1.165) is 17.5 Å². The molecule has 2 rings (SSSR count). The van der Waals surface area contributed by atoms with E-state index in [2.05, 4.69) is 6.92 Å². The van der Waals surface area contributed by atoms with Crippen LogP contribution in [0.5, 0.6) is 0 Å². The Hall–Kier alpha value is -2.09. The second-order valence-corrected chi connectivity index (χ2v) is 5.05. The van der Waals surface area contributed by atoms with Crippen LogP contribution in [0.4, 0.5) is 0 Å². The lowest BCUT2D eigenvalue weighted by Crippen LogP contribution is -2.31. The summed E-state index contributed by atoms with van der Waals surface area (Å²) in [6.45, 7) is 2.72. The zero-order valence-electron chi connectivity index (χ0n) is 12.1. The number of benzene rings is 2. The maximum Gasteiger partial charge on any atom is 0.230 e. The predicted octanol–water partition coefficient (Wildman–Crippen LogP) is 3.84. The van der Waals surface area contributed by atoms with Crippen molar-refractivity contribution in [1.29, 1.82) is 0 Å². The van der Waals surface area contributed by atoms with Crippen molar-refractivity contribution in [2.45, 2.75) is 25.8 Å². The number of rotatable bonds is 5. The van der Waals surface area contributed by atoms with Crippen LogP contribution in [0.2, 0.25) is 0 Å². The second kappa shape index (κ2) is 6.90. The van der Waals surface area contributed by atoms with E-state index >= 15 is 0 Å². The molecule has 0 saturated carbocycles. The SMILES string of the molecule is CC[C@H](C(=O)N(C)Cc1ccccc1)c1ccccc1. The molecule has 0 bridgehead atoms. The molecule has 1 amide bonds. The van der Waals surface area contributed by atoms with Crippen LogP contribution in [0.1, 0.15) is 30.4 Å². The molecule has 2 nitrogen and oxygen atoms in total. The first kappa shape index (κ1) is 14.3. The molecule has 2 aromatic rings. The number of amides is 1. The Labute approximate surface area is 121 Å². The monoisotopic (exact) mass is 267 g/mol. The zero-order chi connectivity index (χ0) is 14.4. The number of likely N-dealkylation sites (N-methyl/N-ethyl adjacent to an activating group) is 1. The third-order valence-corrected chi connectivity index (χ3v) is 3.55. The first-order chi connectivity index (χ1) is 9.72. The Morgan fingerprint density at radius 1 is 1.00 bits per heavy atom. The lowest BCUT2D eigenvalue weighted by Gasteiger charge is -2.23. The van der Waals surface area contributed by atoms with Gasteiger partial charge in [0.2, 0.25) is 5.91 Å². The lowest BCUT2D eigenvalue weighted by molar-refractivity contribution is -0.132. The zero-order valence-corrected chi connectivity index (χ0v) is 12.1. The van der Waals surface area contributed by atoms with Crippen LogP contribution < -0.4 is 0 Å². The summed E-state index contributed by atoms with van der Waals surface area (Å²) < 4.78 is 0. The molecule has 0 aliphatic heterocycles. The minimum atomic E-state index is -0.0510. The fraction of sp³-hybridized carbons (Fsp3) is 0.278. The minimum absolute atomic E-state index is 0.0510. The van der Waals surface area contributed by atoms with Gasteiger partial charge in [-0.1, -0.05) is 67.6 Å². The van der Waals surface area contributed by atoms with Gasteiger partial charge in [-0.05, 0) is 17.5 Å². The van der Waals surface area contributed by atoms with Crippen molar-refractivity contribution in [3.05, 3.63) is 71.8 Å². The fourth-order valence-electron chi connectivity index (χ4n) is 2.44. The molecule has 1 atom stereocenters. The molecule has 20 heavy (non-hydrogen) atoms. The lowest BCUT2D eigenvalue weighted by atomic mass is 9.95. The average molecular weight is 267 g/mol. The highest BCUT2D eigenvalue weighted by Crippen LogP contribution is 2.22. The van der Waals surface area contributed by atoms with Gasteiger partial charge in [-0.3, -0.25) is 4.79 Å². The van der Waals surface area contributed by atoms with Crippen molar-refractivity contribution in [3.63, 3.8) is 0 Å². The maximum atomic E-state index is 12.6. The third kappa shape index (κ3) is 3.47. The highest BCUT2D eigenvalue weighted by molar-refractivity contribution is 5.83. The number of hydrogen-bond acceptors (Lipinski definition) is 1. The van der Waals surface area contributed by atoms with Crippen LogP contribution in [0.15, 0.2) is 60.7 Å². The van der Waals surface area contributed by atoms with Crippen molar-refractivity contribution in [1.82, 2.24) is 4.90 Å². The van der Waals surface area contributed by atoms with Gasteiger partial charge in [-0.25, -0.2) is 0 Å². The van der Waals surface area contributed by atoms with Crippen molar-refractivity contribution in [2.75, 3.05) is 7.05 Å². The Bertz CT molecular complexity index is 536. The molecule has 104 valence electrons. The van der Waals surface area contributed by atoms with E-state index in [9.17, 15) is 4.79 Å². The molecule has 0 aliphatic rings. The summed E-state index contributed by atoms with van der Waals surface area (Å²) in [6.07, 6.45) is 0.821. The maximum absolute atomic E-state index is 12.6. The summed E-state index contributed by atoms with van der Waals surface area (Å²) in [7, 11) is 1.88. The van der Waals surface area contributed by atoms with E-state index < -0.39 is 0 Å². The summed E-state index contributed by atoms with van der Waals surface area (Å²) in [4.78, 5) is 14.4. The Morgan fingerprint density at radius 2 is 1.55 bits per heavy atom. The first-order valence-electron chi connectivity index (χ1n) is 7.06. The van der Waals surface area contributed by atoms with Crippen molar-refractivity contribution >= 4 is 5.91 Å². The van der Waals surface area contributed by atoms with Gasteiger partial charge in [0.1, 0.15) is 0 Å². The van der Waals surface area contributed by atoms with Gasteiger partial charge in [0.05, 0.1) is 5.92 Å². The average Bonchev–Trinajstić information content (AvgIpc) is 2.50. The molecule has 0 unspecified atom stereocenters. The molecule has 0 aromatic heterocycles. The van der Waals surface area contributed by atoms with Gasteiger partial charge >= 0.3 is 0 Å². The van der Waals surface area contributed by atoms with Crippen molar-refractivity contribution < 1.29 is 4.79 Å². The van der Waals surface area contributed by atoms with Crippen LogP contribution in [-0.2, 0) is 11.3 Å². The topological polar surface area (TPSA) is 20.3 Å². The van der Waals surface area contributed by atoms with E-state index in [0.29, 0.717) is 6.54 Å². The van der Waals surface area contributed by atoms with Gasteiger partial charge in [0.15, 0.2) is 0 Å². The van der Waals surface area contributed by atoms with E-state index in [1.165, 1.54) is 0 Å². The Morgan fingerprint density at radius 3 is 2.10 bits per heavy atom. The minimum Gasteiger partial charge on any atom is -0.341 e. The molecule has 0 N–H and O–H groups in total. The fourth-order valence-corrected chi connectivity index (χ4v) is 2.44. The predicted molar refractivity (Wildman–Crippen MR) is 82.4 cm³/mol. The molecule has 0 aliphatic carbocycles. The second-order valence-electron chi connectivity index (χ2n) is 5.05. The first-order valence-corrected chi connectivity index (χ1v) is 7.06. The smallest absolute Gasteiger partial charge is 0.230 e. The van der Waals surface area contributed by atoms with E-state index in [4.69, 9.17) is 0 Å². The van der Waals surface area contributed by atoms with Gasteiger partial charge in [0.25, 0.3) is 0 Å². The number of nitrogens with zero attached hydrogens (tertiary/aromatic N) is 1. The number of hydrogen-bond donors (Lipinski definition) is 0. The molecule has 0 fully saturated rings. The van der Waals surface area contributed by atoms with Crippen LogP contribution >= 0.6 is 0 Å². The van der Waals surface area contributed by atoms with Crippen LogP contribution in [0.25, 0.3) is 0 Å². The van der Waals surface area contributed by atoms with Crippen LogP contribution in [-0.4, -0.2) is 17.9 Å². The molecular weight excluding hydrogens is 246 g/mol. The Kier molecular flexibility index (Phi) is 4.94. The van der Waals surface area contributed by atoms with Crippen LogP contribution in [0.3, 0.4) is 0 Å². The quantitative estimate of drug-likeness (QED) is 0.806. The van der Waals surface area contributed by atoms with Crippen molar-refractivity contribution in [2.24, 2.45) is 0 Å². The molecule has 2 heteroatoms. The largest absolute Gasteiger partial charge is 0.341 e. The van der Waals surface area contributed by atoms with Gasteiger partial charge in [0, 0.05) is 13.6 Å². The molecule has 0 saturated heterocycles. The Balaban J connectivity index is 2.09. The molecule has 2 aromatic carbocycles. The summed E-state index contributed by atoms with van der Waals surface area (Å²) in [5.41, 5.74) is 2.26. The molecule has 0 spiro atoms. The summed E-state index contributed by atoms with van der Waals surface area (Å²) >= 11 is 0. The molecular formula is C18H21NO. The summed E-state index contributed by atoms with van der Waals surface area (Å²) in [5.74, 6) is 0.132. The van der Waals surface area contributed by atoms with Gasteiger partial charge in [-0.15, -0.1) is 0 Å². The normalized spacial score (nSPS) is 11.9. The highest BCUT2D eigenvalue weighted by Gasteiger charge is 2.21. The summed E-state index contributed by atoms with van der Waals surface area (Å²) in [5, 5.41) is 0. The van der Waals surface area contributed by atoms with E-state index in [1.807, 2.05) is 72.6 Å². The third-order valence-electron chi connectivity index (χ3n) is 3.55. The summed E-state index contributed by atoms with van der Waals surface area (Å²) in [6, 6.07) is 20.1. The number of carbonyl (C=O) groups is 1. The van der Waals surface area contributed by atoms with Crippen molar-refractivity contribution in [3.8, 4) is 0 Å². The van der Waals surface area contributed by atoms with Gasteiger partial charge < -0.3 is 4.90 Å². The highest BCUT2D eigenvalue weighted by atomic mass is 16.2. The van der Waals surface area contributed by atoms with E-state index in [-0.39, 0.29) is 11.8 Å². The molecule has 0 heterocycles. The number of carbonyl (C=O) groups excluding carboxylic acids is 1. The van der Waals surface area contributed by atoms with E-state index in [1.54, 1.807) is 0 Å².